The number of furan rings is 1. The standard InChI is InChI=1S/C13H13FO2S/c14-11-3-1-4-12(9-11)16-7-8-17-10-13-5-2-6-15-13/h1-6,9H,7-8,10H2. The molecule has 0 aliphatic carbocycles. The van der Waals surface area contributed by atoms with Gasteiger partial charge in [-0.1, -0.05) is 6.07 Å². The first-order valence-electron chi connectivity index (χ1n) is 5.33. The van der Waals surface area contributed by atoms with Gasteiger partial charge in [-0.05, 0) is 24.3 Å². The summed E-state index contributed by atoms with van der Waals surface area (Å²) in [5.74, 6) is 2.94. The first-order chi connectivity index (χ1) is 8.34. The van der Waals surface area contributed by atoms with Gasteiger partial charge in [-0.2, -0.15) is 11.8 Å². The molecule has 17 heavy (non-hydrogen) atoms. The summed E-state index contributed by atoms with van der Waals surface area (Å²) in [7, 11) is 0. The lowest BCUT2D eigenvalue weighted by atomic mass is 10.3. The van der Waals surface area contributed by atoms with Gasteiger partial charge in [-0.3, -0.25) is 0 Å². The lowest BCUT2D eigenvalue weighted by molar-refractivity contribution is 0.342. The van der Waals surface area contributed by atoms with Gasteiger partial charge >= 0.3 is 0 Å². The molecule has 2 rings (SSSR count). The largest absolute Gasteiger partial charge is 0.493 e. The van der Waals surface area contributed by atoms with E-state index in [4.69, 9.17) is 9.15 Å². The van der Waals surface area contributed by atoms with Crippen LogP contribution in [0, 0.1) is 5.82 Å². The minimum Gasteiger partial charge on any atom is -0.493 e. The molecule has 90 valence electrons. The molecule has 2 nitrogen and oxygen atoms in total. The molecular weight excluding hydrogens is 239 g/mol. The number of rotatable bonds is 6. The first-order valence-corrected chi connectivity index (χ1v) is 6.48. The molecule has 0 spiro atoms. The lowest BCUT2D eigenvalue weighted by Gasteiger charge is -2.05. The van der Waals surface area contributed by atoms with Gasteiger partial charge < -0.3 is 9.15 Å². The van der Waals surface area contributed by atoms with Crippen LogP contribution >= 0.6 is 11.8 Å². The van der Waals surface area contributed by atoms with Crippen LogP contribution in [0.3, 0.4) is 0 Å². The van der Waals surface area contributed by atoms with Crippen LogP contribution in [0.15, 0.2) is 47.1 Å². The van der Waals surface area contributed by atoms with Crippen LogP contribution in [0.1, 0.15) is 5.76 Å². The molecule has 0 bridgehead atoms. The third-order valence-electron chi connectivity index (χ3n) is 2.12. The van der Waals surface area contributed by atoms with Crippen LogP contribution in [0.4, 0.5) is 4.39 Å². The van der Waals surface area contributed by atoms with Crippen LogP contribution in [-0.2, 0) is 5.75 Å². The van der Waals surface area contributed by atoms with Crippen molar-refractivity contribution in [3.8, 4) is 5.75 Å². The zero-order valence-corrected chi connectivity index (χ0v) is 10.1. The zero-order valence-electron chi connectivity index (χ0n) is 9.27. The molecule has 0 N–H and O–H groups in total. The highest BCUT2D eigenvalue weighted by Gasteiger charge is 1.98. The predicted molar refractivity (Wildman–Crippen MR) is 66.8 cm³/mol. The maximum absolute atomic E-state index is 12.8. The van der Waals surface area contributed by atoms with Gasteiger partial charge in [0.2, 0.25) is 0 Å². The van der Waals surface area contributed by atoms with Crippen LogP contribution in [0.5, 0.6) is 5.75 Å². The number of benzene rings is 1. The Hall–Kier alpha value is -1.42. The van der Waals surface area contributed by atoms with E-state index < -0.39 is 0 Å². The number of thioether (sulfide) groups is 1. The van der Waals surface area contributed by atoms with Crippen LogP contribution in [-0.4, -0.2) is 12.4 Å². The third-order valence-corrected chi connectivity index (χ3v) is 3.06. The molecule has 0 aliphatic heterocycles. The smallest absolute Gasteiger partial charge is 0.126 e. The fourth-order valence-corrected chi connectivity index (χ4v) is 2.05. The number of ether oxygens (including phenoxy) is 1. The first kappa shape index (κ1) is 12.0. The summed E-state index contributed by atoms with van der Waals surface area (Å²) in [6.45, 7) is 0.564. The summed E-state index contributed by atoms with van der Waals surface area (Å²) < 4.78 is 23.4. The number of hydrogen-bond acceptors (Lipinski definition) is 3. The Morgan fingerprint density at radius 2 is 2.18 bits per heavy atom. The van der Waals surface area contributed by atoms with Gasteiger partial charge in [0.05, 0.1) is 18.6 Å². The van der Waals surface area contributed by atoms with Gasteiger partial charge in [0.25, 0.3) is 0 Å². The average molecular weight is 252 g/mol. The van der Waals surface area contributed by atoms with E-state index in [9.17, 15) is 4.39 Å². The molecule has 1 aromatic carbocycles. The van der Waals surface area contributed by atoms with Gasteiger partial charge in [-0.25, -0.2) is 4.39 Å². The predicted octanol–water partition coefficient (Wildman–Crippen LogP) is 3.73. The summed E-state index contributed by atoms with van der Waals surface area (Å²) in [6.07, 6.45) is 1.67. The average Bonchev–Trinajstić information content (AvgIpc) is 2.82. The van der Waals surface area contributed by atoms with Crippen molar-refractivity contribution >= 4 is 11.8 Å². The van der Waals surface area contributed by atoms with E-state index in [0.29, 0.717) is 12.4 Å². The molecule has 0 fully saturated rings. The highest BCUT2D eigenvalue weighted by Crippen LogP contribution is 2.14. The summed E-state index contributed by atoms with van der Waals surface area (Å²) >= 11 is 1.72. The van der Waals surface area contributed by atoms with Crippen LogP contribution < -0.4 is 4.74 Å². The Balaban J connectivity index is 1.63. The van der Waals surface area contributed by atoms with E-state index in [-0.39, 0.29) is 5.82 Å². The summed E-state index contributed by atoms with van der Waals surface area (Å²) in [5, 5.41) is 0. The minimum atomic E-state index is -0.272. The normalized spacial score (nSPS) is 10.4. The summed E-state index contributed by atoms with van der Waals surface area (Å²) in [5.41, 5.74) is 0. The Morgan fingerprint density at radius 1 is 1.24 bits per heavy atom. The van der Waals surface area contributed by atoms with Crippen molar-refractivity contribution in [2.24, 2.45) is 0 Å². The van der Waals surface area contributed by atoms with Gasteiger partial charge in [-0.15, -0.1) is 0 Å². The monoisotopic (exact) mass is 252 g/mol. The Kier molecular flexibility index (Phi) is 4.50. The Bertz CT molecular complexity index is 442. The van der Waals surface area contributed by atoms with Crippen molar-refractivity contribution < 1.29 is 13.5 Å². The number of hydrogen-bond donors (Lipinski definition) is 0. The van der Waals surface area contributed by atoms with Gasteiger partial charge in [0.1, 0.15) is 17.3 Å². The fraction of sp³-hybridized carbons (Fsp3) is 0.231. The number of halogens is 1. The van der Waals surface area contributed by atoms with Crippen molar-refractivity contribution in [3.63, 3.8) is 0 Å². The van der Waals surface area contributed by atoms with E-state index in [1.54, 1.807) is 30.2 Å². The molecule has 0 radical (unpaired) electrons. The lowest BCUT2D eigenvalue weighted by Crippen LogP contribution is -2.00. The van der Waals surface area contributed by atoms with E-state index in [2.05, 4.69) is 0 Å². The van der Waals surface area contributed by atoms with E-state index >= 15 is 0 Å². The molecule has 4 heteroatoms. The molecule has 0 atom stereocenters. The Labute approximate surface area is 104 Å². The second kappa shape index (κ2) is 6.35. The molecule has 1 aromatic heterocycles. The van der Waals surface area contributed by atoms with Crippen molar-refractivity contribution in [2.75, 3.05) is 12.4 Å². The zero-order chi connectivity index (χ0) is 11.9. The Morgan fingerprint density at radius 3 is 2.94 bits per heavy atom. The fourth-order valence-electron chi connectivity index (χ4n) is 1.34. The molecule has 0 amide bonds. The maximum Gasteiger partial charge on any atom is 0.126 e. The van der Waals surface area contributed by atoms with E-state index in [1.165, 1.54) is 12.1 Å². The molecular formula is C13H13FO2S. The highest BCUT2D eigenvalue weighted by molar-refractivity contribution is 7.98. The summed E-state index contributed by atoms with van der Waals surface area (Å²) in [6, 6.07) is 10.00. The van der Waals surface area contributed by atoms with Crippen molar-refractivity contribution in [2.45, 2.75) is 5.75 Å². The second-order valence-electron chi connectivity index (χ2n) is 3.44. The SMILES string of the molecule is Fc1cccc(OCCSCc2ccco2)c1. The molecule has 0 unspecified atom stereocenters. The highest BCUT2D eigenvalue weighted by atomic mass is 32.2. The van der Waals surface area contributed by atoms with E-state index in [1.807, 2.05) is 12.1 Å². The minimum absolute atomic E-state index is 0.272. The maximum atomic E-state index is 12.8. The topological polar surface area (TPSA) is 22.4 Å². The van der Waals surface area contributed by atoms with E-state index in [0.717, 1.165) is 17.3 Å². The molecule has 2 aromatic rings. The summed E-state index contributed by atoms with van der Waals surface area (Å²) in [4.78, 5) is 0. The van der Waals surface area contributed by atoms with Crippen molar-refractivity contribution in [1.82, 2.24) is 0 Å². The van der Waals surface area contributed by atoms with Gasteiger partial charge in [0.15, 0.2) is 0 Å². The molecule has 0 aliphatic rings. The third kappa shape index (κ3) is 4.15. The molecule has 0 saturated carbocycles. The molecule has 0 saturated heterocycles. The second-order valence-corrected chi connectivity index (χ2v) is 4.54. The van der Waals surface area contributed by atoms with Crippen LogP contribution in [0.25, 0.3) is 0 Å². The quantitative estimate of drug-likeness (QED) is 0.731. The van der Waals surface area contributed by atoms with Gasteiger partial charge in [0, 0.05) is 11.8 Å². The van der Waals surface area contributed by atoms with Crippen molar-refractivity contribution in [1.29, 1.82) is 0 Å². The van der Waals surface area contributed by atoms with Crippen molar-refractivity contribution in [3.05, 3.63) is 54.2 Å². The molecule has 1 heterocycles. The van der Waals surface area contributed by atoms with Crippen LogP contribution in [0.2, 0.25) is 0 Å².